The van der Waals surface area contributed by atoms with Crippen molar-refractivity contribution in [1.29, 1.82) is 0 Å². The van der Waals surface area contributed by atoms with Gasteiger partial charge in [-0.15, -0.1) is 0 Å². The second kappa shape index (κ2) is 67.3. The SMILES string of the molecule is CC/C=C\C/C=C\C/C=C\C/C=C\C/C=C\CCCC(=O)OCC(COC(=O)CCCCCCCCCCCCCCCCCC/C=C\C/C=C\C/C=C\C/C=C\CC)OC(=O)CCC/C=C\C/C=C\C/C=C\C/C=C\C/C=C\CC. The molecule has 0 rings (SSSR count). The minimum absolute atomic E-state index is 0.125. The van der Waals surface area contributed by atoms with Crippen molar-refractivity contribution in [2.45, 2.75) is 271 Å². The molecule has 0 saturated heterocycles. The second-order valence-corrected chi connectivity index (χ2v) is 20.9. The summed E-state index contributed by atoms with van der Waals surface area (Å²) in [5.74, 6) is -1.05. The van der Waals surface area contributed by atoms with Crippen molar-refractivity contribution in [3.8, 4) is 0 Å². The Morgan fingerprint density at radius 1 is 0.247 bits per heavy atom. The van der Waals surface area contributed by atoms with Crippen molar-refractivity contribution in [2.24, 2.45) is 0 Å². The maximum Gasteiger partial charge on any atom is 0.306 e. The fourth-order valence-corrected chi connectivity index (χ4v) is 8.45. The molecule has 0 aromatic carbocycles. The van der Waals surface area contributed by atoms with Gasteiger partial charge >= 0.3 is 17.9 Å². The van der Waals surface area contributed by atoms with E-state index in [1.54, 1.807) is 0 Å². The minimum atomic E-state index is -0.840. The van der Waals surface area contributed by atoms with Crippen molar-refractivity contribution >= 4 is 17.9 Å². The van der Waals surface area contributed by atoms with Crippen molar-refractivity contribution < 1.29 is 28.6 Å². The van der Waals surface area contributed by atoms with E-state index >= 15 is 0 Å². The lowest BCUT2D eigenvalue weighted by atomic mass is 10.0. The summed E-state index contributed by atoms with van der Waals surface area (Å²) < 4.78 is 16.8. The fraction of sp³-hybridized carbons (Fsp3) is 0.587. The minimum Gasteiger partial charge on any atom is -0.462 e. The van der Waals surface area contributed by atoms with E-state index in [0.717, 1.165) is 122 Å². The number of hydrogen-bond donors (Lipinski definition) is 0. The number of esters is 3. The summed E-state index contributed by atoms with van der Waals surface area (Å²) in [4.78, 5) is 38.3. The van der Waals surface area contributed by atoms with Gasteiger partial charge in [-0.2, -0.15) is 0 Å². The molecule has 0 aromatic rings. The van der Waals surface area contributed by atoms with Crippen LogP contribution in [0.1, 0.15) is 265 Å². The Kier molecular flexibility index (Phi) is 62.9. The highest BCUT2D eigenvalue weighted by molar-refractivity contribution is 5.71. The first-order valence-corrected chi connectivity index (χ1v) is 32.6. The van der Waals surface area contributed by atoms with Crippen molar-refractivity contribution in [1.82, 2.24) is 0 Å². The zero-order valence-electron chi connectivity index (χ0n) is 52.0. The quantitative estimate of drug-likeness (QED) is 0.0261. The molecule has 454 valence electrons. The molecular formula is C75H118O6. The van der Waals surface area contributed by atoms with Gasteiger partial charge in [0.15, 0.2) is 6.10 Å². The Bertz CT molecular complexity index is 1860. The van der Waals surface area contributed by atoms with E-state index in [1.807, 2.05) is 0 Å². The summed E-state index contributed by atoms with van der Waals surface area (Å²) in [7, 11) is 0. The zero-order chi connectivity index (χ0) is 58.5. The highest BCUT2D eigenvalue weighted by Crippen LogP contribution is 2.16. The molecule has 1 atom stereocenters. The molecule has 0 heterocycles. The lowest BCUT2D eigenvalue weighted by Crippen LogP contribution is -2.30. The van der Waals surface area contributed by atoms with Crippen LogP contribution in [0.15, 0.2) is 170 Å². The predicted octanol–water partition coefficient (Wildman–Crippen LogP) is 22.7. The third-order valence-corrected chi connectivity index (χ3v) is 13.2. The molecule has 0 radical (unpaired) electrons. The summed E-state index contributed by atoms with van der Waals surface area (Å²) in [5.41, 5.74) is 0. The van der Waals surface area contributed by atoms with Crippen molar-refractivity contribution in [3.05, 3.63) is 170 Å². The molecule has 0 N–H and O–H groups in total. The van der Waals surface area contributed by atoms with Crippen LogP contribution < -0.4 is 0 Å². The lowest BCUT2D eigenvalue weighted by molar-refractivity contribution is -0.167. The Morgan fingerprint density at radius 2 is 0.457 bits per heavy atom. The zero-order valence-corrected chi connectivity index (χ0v) is 52.0. The van der Waals surface area contributed by atoms with Gasteiger partial charge in [0.2, 0.25) is 0 Å². The standard InChI is InChI=1S/C75H118O6/c1-4-7-10-13-16-19-22-25-28-31-32-33-34-35-36-37-38-39-40-41-42-45-47-50-53-56-59-62-65-68-74(77)80-71-72(81-75(78)69-66-63-60-57-54-51-48-44-30-27-24-21-18-15-12-9-6-3)70-79-73(76)67-64-61-58-55-52-49-46-43-29-26-23-20-17-14-11-8-5-2/h7-12,16-21,25-30,32-33,46,48-49,51,55,57-58,60,72H,4-6,13-15,22-24,31,34-45,47,50,52-54,56,59,61-71H2,1-3H3/b10-7-,11-8-,12-9-,19-16-,20-17-,21-18-,28-25-,29-26-,30-27-,33-32-,49-46-,51-48-,58-55-,60-57-. The highest BCUT2D eigenvalue weighted by Gasteiger charge is 2.19. The monoisotopic (exact) mass is 1110 g/mol. The maximum absolute atomic E-state index is 12.9. The molecule has 0 amide bonds. The normalized spacial score (nSPS) is 13.3. The summed E-state index contributed by atoms with van der Waals surface area (Å²) in [5, 5.41) is 0. The van der Waals surface area contributed by atoms with Gasteiger partial charge in [0, 0.05) is 19.3 Å². The summed E-state index contributed by atoms with van der Waals surface area (Å²) in [6.07, 6.45) is 99.6. The van der Waals surface area contributed by atoms with Gasteiger partial charge in [0.05, 0.1) is 0 Å². The Morgan fingerprint density at radius 3 is 0.741 bits per heavy atom. The molecule has 0 aliphatic carbocycles. The van der Waals surface area contributed by atoms with Crippen LogP contribution in [0.4, 0.5) is 0 Å². The smallest absolute Gasteiger partial charge is 0.306 e. The van der Waals surface area contributed by atoms with E-state index in [0.29, 0.717) is 19.3 Å². The number of carbonyl (C=O) groups excluding carboxylic acids is 3. The number of unbranched alkanes of at least 4 members (excludes halogenated alkanes) is 18. The van der Waals surface area contributed by atoms with E-state index in [-0.39, 0.29) is 44.0 Å². The predicted molar refractivity (Wildman–Crippen MR) is 352 cm³/mol. The molecule has 0 spiro atoms. The summed E-state index contributed by atoms with van der Waals surface area (Å²) in [6.45, 7) is 6.20. The topological polar surface area (TPSA) is 78.9 Å². The highest BCUT2D eigenvalue weighted by atomic mass is 16.6. The fourth-order valence-electron chi connectivity index (χ4n) is 8.45. The van der Waals surface area contributed by atoms with Crippen LogP contribution >= 0.6 is 0 Å². The second-order valence-electron chi connectivity index (χ2n) is 20.9. The molecule has 0 aliphatic heterocycles. The average Bonchev–Trinajstić information content (AvgIpc) is 3.47. The van der Waals surface area contributed by atoms with E-state index in [4.69, 9.17) is 14.2 Å². The van der Waals surface area contributed by atoms with Gasteiger partial charge in [-0.25, -0.2) is 0 Å². The number of hydrogen-bond acceptors (Lipinski definition) is 6. The van der Waals surface area contributed by atoms with Crippen molar-refractivity contribution in [3.63, 3.8) is 0 Å². The van der Waals surface area contributed by atoms with Crippen LogP contribution in [-0.4, -0.2) is 37.2 Å². The van der Waals surface area contributed by atoms with Crippen molar-refractivity contribution in [2.75, 3.05) is 13.2 Å². The van der Waals surface area contributed by atoms with Crippen LogP contribution in [0.5, 0.6) is 0 Å². The summed E-state index contributed by atoms with van der Waals surface area (Å²) in [6, 6.07) is 0. The van der Waals surface area contributed by atoms with Gasteiger partial charge in [0.1, 0.15) is 13.2 Å². The third-order valence-electron chi connectivity index (χ3n) is 13.2. The van der Waals surface area contributed by atoms with Gasteiger partial charge < -0.3 is 14.2 Å². The first kappa shape index (κ1) is 75.8. The molecule has 0 aliphatic rings. The molecule has 6 nitrogen and oxygen atoms in total. The van der Waals surface area contributed by atoms with E-state index in [9.17, 15) is 14.4 Å². The number of ether oxygens (including phenoxy) is 3. The largest absolute Gasteiger partial charge is 0.462 e. The van der Waals surface area contributed by atoms with Gasteiger partial charge in [-0.05, 0) is 135 Å². The molecule has 0 aromatic heterocycles. The van der Waals surface area contributed by atoms with Crippen LogP contribution in [0.2, 0.25) is 0 Å². The van der Waals surface area contributed by atoms with Crippen LogP contribution in [0.3, 0.4) is 0 Å². The Balaban J connectivity index is 4.42. The molecule has 1 unspecified atom stereocenters. The van der Waals surface area contributed by atoms with Gasteiger partial charge in [0.25, 0.3) is 0 Å². The van der Waals surface area contributed by atoms with Crippen LogP contribution in [-0.2, 0) is 28.6 Å². The van der Waals surface area contributed by atoms with E-state index in [2.05, 4.69) is 191 Å². The lowest BCUT2D eigenvalue weighted by Gasteiger charge is -2.18. The maximum atomic E-state index is 12.9. The number of allylic oxidation sites excluding steroid dienone is 28. The van der Waals surface area contributed by atoms with Crippen LogP contribution in [0, 0.1) is 0 Å². The first-order valence-electron chi connectivity index (χ1n) is 32.6. The average molecular weight is 1120 g/mol. The van der Waals surface area contributed by atoms with E-state index < -0.39 is 6.10 Å². The molecule has 0 bridgehead atoms. The first-order chi connectivity index (χ1) is 40.0. The molecule has 0 fully saturated rings. The van der Waals surface area contributed by atoms with E-state index in [1.165, 1.54) is 89.9 Å². The van der Waals surface area contributed by atoms with Gasteiger partial charge in [-0.3, -0.25) is 14.4 Å². The third kappa shape index (κ3) is 65.5. The molecular weight excluding hydrogens is 997 g/mol. The van der Waals surface area contributed by atoms with Gasteiger partial charge in [-0.1, -0.05) is 281 Å². The Hall–Kier alpha value is -5.23. The Labute approximate surface area is 498 Å². The van der Waals surface area contributed by atoms with Crippen LogP contribution in [0.25, 0.3) is 0 Å². The molecule has 6 heteroatoms. The molecule has 81 heavy (non-hydrogen) atoms. The molecule has 0 saturated carbocycles. The number of rotatable bonds is 57. The number of carbonyl (C=O) groups is 3. The summed E-state index contributed by atoms with van der Waals surface area (Å²) >= 11 is 0.